The van der Waals surface area contributed by atoms with Gasteiger partial charge in [0.1, 0.15) is 0 Å². The Labute approximate surface area is 119 Å². The summed E-state index contributed by atoms with van der Waals surface area (Å²) in [5.74, 6) is 0.852. The third-order valence-electron chi connectivity index (χ3n) is 4.34. The van der Waals surface area contributed by atoms with Crippen LogP contribution < -0.4 is 5.32 Å². The van der Waals surface area contributed by atoms with E-state index in [0.29, 0.717) is 11.8 Å². The predicted octanol–water partition coefficient (Wildman–Crippen LogP) is 2.65. The number of nitrogens with zero attached hydrogens (tertiary/aromatic N) is 1. The second-order valence-electron chi connectivity index (χ2n) is 5.58. The highest BCUT2D eigenvalue weighted by molar-refractivity contribution is 5.41. The Bertz CT molecular complexity index is 464. The number of rotatable bonds is 6. The molecule has 0 amide bonds. The fourth-order valence-corrected chi connectivity index (χ4v) is 3.08. The van der Waals surface area contributed by atoms with Crippen LogP contribution in [0.2, 0.25) is 0 Å². The Morgan fingerprint density at radius 2 is 2.10 bits per heavy atom. The molecule has 0 radical (unpaired) electrons. The summed E-state index contributed by atoms with van der Waals surface area (Å²) < 4.78 is 0. The van der Waals surface area contributed by atoms with Crippen LogP contribution in [0.25, 0.3) is 0 Å². The molecule has 0 bridgehead atoms. The van der Waals surface area contributed by atoms with Gasteiger partial charge in [0, 0.05) is 24.3 Å². The van der Waals surface area contributed by atoms with Crippen LogP contribution in [0.3, 0.4) is 0 Å². The molecule has 0 spiro atoms. The minimum atomic E-state index is -0.334. The van der Waals surface area contributed by atoms with Gasteiger partial charge in [-0.15, -0.1) is 0 Å². The minimum absolute atomic E-state index is 0.0588. The molecule has 5 heteroatoms. The van der Waals surface area contributed by atoms with Gasteiger partial charge in [-0.1, -0.05) is 24.6 Å². The summed E-state index contributed by atoms with van der Waals surface area (Å²) in [6.45, 7) is 3.00. The van der Waals surface area contributed by atoms with Crippen LogP contribution in [0.5, 0.6) is 0 Å². The van der Waals surface area contributed by atoms with Crippen molar-refractivity contribution >= 4 is 5.69 Å². The van der Waals surface area contributed by atoms with Crippen LogP contribution in [0.1, 0.15) is 37.8 Å². The Morgan fingerprint density at radius 1 is 1.40 bits per heavy atom. The molecule has 5 nitrogen and oxygen atoms in total. The molecule has 2 N–H and O–H groups in total. The first kappa shape index (κ1) is 14.9. The number of nitrogens with one attached hydrogen (secondary N) is 1. The van der Waals surface area contributed by atoms with Gasteiger partial charge in [0.25, 0.3) is 5.69 Å². The summed E-state index contributed by atoms with van der Waals surface area (Å²) >= 11 is 0. The van der Waals surface area contributed by atoms with Crippen molar-refractivity contribution in [3.8, 4) is 0 Å². The van der Waals surface area contributed by atoms with E-state index in [1.807, 2.05) is 13.0 Å². The zero-order valence-corrected chi connectivity index (χ0v) is 11.8. The number of hydrogen-bond donors (Lipinski definition) is 2. The van der Waals surface area contributed by atoms with Gasteiger partial charge in [0.2, 0.25) is 0 Å². The highest BCUT2D eigenvalue weighted by Gasteiger charge is 2.27. The van der Waals surface area contributed by atoms with Crippen molar-refractivity contribution in [3.63, 3.8) is 0 Å². The fraction of sp³-hybridized carbons (Fsp3) is 0.600. The van der Waals surface area contributed by atoms with Crippen LogP contribution in [0.15, 0.2) is 24.3 Å². The van der Waals surface area contributed by atoms with Gasteiger partial charge in [-0.3, -0.25) is 10.1 Å². The molecule has 110 valence electrons. The lowest BCUT2D eigenvalue weighted by Gasteiger charge is -2.21. The Morgan fingerprint density at radius 3 is 2.80 bits per heavy atom. The first-order valence-electron chi connectivity index (χ1n) is 7.21. The predicted molar refractivity (Wildman–Crippen MR) is 77.4 cm³/mol. The maximum absolute atomic E-state index is 11.0. The van der Waals surface area contributed by atoms with Gasteiger partial charge in [0.05, 0.1) is 4.92 Å². The van der Waals surface area contributed by atoms with E-state index in [2.05, 4.69) is 5.32 Å². The summed E-state index contributed by atoms with van der Waals surface area (Å²) in [7, 11) is 0. The topological polar surface area (TPSA) is 75.4 Å². The maximum atomic E-state index is 11.0. The summed E-state index contributed by atoms with van der Waals surface area (Å²) in [6.07, 6.45) is 3.38. The van der Waals surface area contributed by atoms with Crippen molar-refractivity contribution < 1.29 is 10.0 Å². The Kier molecular flexibility index (Phi) is 5.09. The summed E-state index contributed by atoms with van der Waals surface area (Å²) in [4.78, 5) is 10.7. The lowest BCUT2D eigenvalue weighted by Crippen LogP contribution is -2.29. The number of benzene rings is 1. The van der Waals surface area contributed by atoms with E-state index < -0.39 is 0 Å². The van der Waals surface area contributed by atoms with Crippen molar-refractivity contribution in [2.45, 2.75) is 32.2 Å². The van der Waals surface area contributed by atoms with Gasteiger partial charge in [-0.2, -0.15) is 0 Å². The van der Waals surface area contributed by atoms with E-state index in [0.717, 1.165) is 31.4 Å². The smallest absolute Gasteiger partial charge is 0.274 e. The molecule has 1 saturated carbocycles. The molecular formula is C15H22N2O3. The standard InChI is InChI=1S/C15H22N2O3/c1-11(14-7-2-3-8-15(14)17(19)20)16-9-12-5-4-6-13(12)10-18/h2-3,7-8,11-13,16,18H,4-6,9-10H2,1H3. The molecule has 3 atom stereocenters. The molecule has 1 fully saturated rings. The second kappa shape index (κ2) is 6.81. The van der Waals surface area contributed by atoms with E-state index in [1.54, 1.807) is 18.2 Å². The van der Waals surface area contributed by atoms with E-state index >= 15 is 0 Å². The number of nitro benzene ring substituents is 1. The Balaban J connectivity index is 1.98. The quantitative estimate of drug-likeness (QED) is 0.619. The third kappa shape index (κ3) is 3.35. The molecule has 2 rings (SSSR count). The van der Waals surface area contributed by atoms with E-state index in [4.69, 9.17) is 0 Å². The molecule has 3 unspecified atom stereocenters. The van der Waals surface area contributed by atoms with Crippen LogP contribution in [-0.2, 0) is 0 Å². The first-order chi connectivity index (χ1) is 9.63. The van der Waals surface area contributed by atoms with Gasteiger partial charge >= 0.3 is 0 Å². The third-order valence-corrected chi connectivity index (χ3v) is 4.34. The van der Waals surface area contributed by atoms with Gasteiger partial charge < -0.3 is 10.4 Å². The van der Waals surface area contributed by atoms with E-state index in [1.165, 1.54) is 0 Å². The van der Waals surface area contributed by atoms with Crippen LogP contribution in [0.4, 0.5) is 5.69 Å². The Hall–Kier alpha value is -1.46. The van der Waals surface area contributed by atoms with Crippen LogP contribution in [-0.4, -0.2) is 23.2 Å². The number of aliphatic hydroxyl groups is 1. The molecule has 20 heavy (non-hydrogen) atoms. The van der Waals surface area contributed by atoms with Crippen molar-refractivity contribution in [2.24, 2.45) is 11.8 Å². The fourth-order valence-electron chi connectivity index (χ4n) is 3.08. The number of hydrogen-bond acceptors (Lipinski definition) is 4. The van der Waals surface area contributed by atoms with Crippen molar-refractivity contribution in [1.82, 2.24) is 5.32 Å². The molecule has 0 saturated heterocycles. The summed E-state index contributed by atoms with van der Waals surface area (Å²) in [5.41, 5.74) is 0.883. The highest BCUT2D eigenvalue weighted by Crippen LogP contribution is 2.31. The van der Waals surface area contributed by atoms with Gasteiger partial charge in [-0.25, -0.2) is 0 Å². The number of nitro groups is 1. The van der Waals surface area contributed by atoms with Crippen LogP contribution in [0, 0.1) is 22.0 Å². The second-order valence-corrected chi connectivity index (χ2v) is 5.58. The zero-order valence-electron chi connectivity index (χ0n) is 11.8. The highest BCUT2D eigenvalue weighted by atomic mass is 16.6. The van der Waals surface area contributed by atoms with E-state index in [9.17, 15) is 15.2 Å². The average molecular weight is 278 g/mol. The molecule has 1 aromatic carbocycles. The summed E-state index contributed by atoms with van der Waals surface area (Å²) in [6, 6.07) is 6.80. The normalized spacial score (nSPS) is 23.7. The van der Waals surface area contributed by atoms with Crippen LogP contribution >= 0.6 is 0 Å². The number of para-hydroxylation sites is 1. The lowest BCUT2D eigenvalue weighted by atomic mass is 9.96. The maximum Gasteiger partial charge on any atom is 0.274 e. The minimum Gasteiger partial charge on any atom is -0.396 e. The van der Waals surface area contributed by atoms with Crippen molar-refractivity contribution in [2.75, 3.05) is 13.2 Å². The molecule has 0 heterocycles. The number of aliphatic hydroxyl groups excluding tert-OH is 1. The van der Waals surface area contributed by atoms with Gasteiger partial charge in [-0.05, 0) is 38.1 Å². The SMILES string of the molecule is CC(NCC1CCCC1CO)c1ccccc1[N+](=O)[O-]. The molecule has 1 aromatic rings. The lowest BCUT2D eigenvalue weighted by molar-refractivity contribution is -0.385. The molecule has 1 aliphatic carbocycles. The first-order valence-corrected chi connectivity index (χ1v) is 7.21. The van der Waals surface area contributed by atoms with E-state index in [-0.39, 0.29) is 23.3 Å². The molecule has 0 aromatic heterocycles. The zero-order chi connectivity index (χ0) is 14.5. The molecule has 0 aliphatic heterocycles. The average Bonchev–Trinajstić information content (AvgIpc) is 2.92. The van der Waals surface area contributed by atoms with Crippen molar-refractivity contribution in [3.05, 3.63) is 39.9 Å². The monoisotopic (exact) mass is 278 g/mol. The van der Waals surface area contributed by atoms with Crippen molar-refractivity contribution in [1.29, 1.82) is 0 Å². The molecular weight excluding hydrogens is 256 g/mol. The summed E-state index contributed by atoms with van der Waals surface area (Å²) in [5, 5.41) is 23.7. The molecule has 1 aliphatic rings. The largest absolute Gasteiger partial charge is 0.396 e. The van der Waals surface area contributed by atoms with Gasteiger partial charge in [0.15, 0.2) is 0 Å².